The van der Waals surface area contributed by atoms with E-state index in [9.17, 15) is 24.3 Å². The van der Waals surface area contributed by atoms with Crippen LogP contribution >= 0.6 is 0 Å². The standard InChI is InChI=1S/C32H34N4O7/c1-18-9-11-23(28(37)20(18)3)36(31(33)40)27-26(29(38)30(27)39)34-25(24-12-10-19(2)43-24)22-13-15-35(16-14-22)32(41)42-17-21-7-5-4-6-8-21/h4-12,22,25,34,37H,13-17H2,1-3H3,(H2,33,40). The van der Waals surface area contributed by atoms with Crippen LogP contribution in [0.2, 0.25) is 0 Å². The number of primary amides is 1. The second kappa shape index (κ2) is 12.0. The number of piperidine rings is 1. The molecule has 4 N–H and O–H groups in total. The van der Waals surface area contributed by atoms with Crippen molar-refractivity contribution in [1.29, 1.82) is 0 Å². The molecule has 11 nitrogen and oxygen atoms in total. The van der Waals surface area contributed by atoms with Crippen LogP contribution in [0.1, 0.15) is 47.1 Å². The first kappa shape index (κ1) is 29.4. The van der Waals surface area contributed by atoms with Gasteiger partial charge < -0.3 is 30.2 Å². The fraction of sp³-hybridized carbons (Fsp3) is 0.312. The van der Waals surface area contributed by atoms with Crippen molar-refractivity contribution in [2.75, 3.05) is 23.3 Å². The molecule has 3 aromatic carbocycles. The van der Waals surface area contributed by atoms with Crippen LogP contribution in [0, 0.1) is 26.7 Å². The maximum absolute atomic E-state index is 12.9. The molecule has 4 aromatic rings. The molecule has 1 aliphatic heterocycles. The number of carbonyl (C=O) groups excluding carboxylic acids is 2. The van der Waals surface area contributed by atoms with Gasteiger partial charge in [-0.25, -0.2) is 9.59 Å². The molecule has 1 unspecified atom stereocenters. The first-order valence-corrected chi connectivity index (χ1v) is 14.1. The van der Waals surface area contributed by atoms with Crippen molar-refractivity contribution in [1.82, 2.24) is 4.90 Å². The molecule has 1 saturated heterocycles. The van der Waals surface area contributed by atoms with E-state index < -0.39 is 29.0 Å². The summed E-state index contributed by atoms with van der Waals surface area (Å²) >= 11 is 0. The van der Waals surface area contributed by atoms with Crippen molar-refractivity contribution in [2.45, 2.75) is 46.3 Å². The molecule has 2 heterocycles. The number of hydrogen-bond donors (Lipinski definition) is 3. The van der Waals surface area contributed by atoms with Gasteiger partial charge in [-0.2, -0.15) is 0 Å². The lowest BCUT2D eigenvalue weighted by atomic mass is 9.87. The Labute approximate surface area is 248 Å². The molecule has 0 radical (unpaired) electrons. The number of ether oxygens (including phenoxy) is 1. The minimum atomic E-state index is -1.03. The number of nitrogens with zero attached hydrogens (tertiary/aromatic N) is 2. The number of phenols is 1. The van der Waals surface area contributed by atoms with E-state index in [0.717, 1.165) is 16.0 Å². The summed E-state index contributed by atoms with van der Waals surface area (Å²) in [6.07, 6.45) is 0.705. The highest BCUT2D eigenvalue weighted by atomic mass is 16.6. The van der Waals surface area contributed by atoms with Crippen molar-refractivity contribution in [3.8, 4) is 5.75 Å². The number of nitrogens with one attached hydrogen (secondary N) is 1. The number of anilines is 3. The number of nitrogens with two attached hydrogens (primary N) is 1. The summed E-state index contributed by atoms with van der Waals surface area (Å²) in [5, 5.41) is 14.0. The van der Waals surface area contributed by atoms with Gasteiger partial charge in [-0.1, -0.05) is 36.4 Å². The van der Waals surface area contributed by atoms with Gasteiger partial charge in [0.15, 0.2) is 0 Å². The second-order valence-electron chi connectivity index (χ2n) is 10.9. The highest BCUT2D eigenvalue weighted by molar-refractivity contribution is 6.04. The monoisotopic (exact) mass is 586 g/mol. The number of rotatable bonds is 8. The second-order valence-corrected chi connectivity index (χ2v) is 10.9. The predicted molar refractivity (Wildman–Crippen MR) is 161 cm³/mol. The summed E-state index contributed by atoms with van der Waals surface area (Å²) in [5.74, 6) is 0.884. The molecule has 0 spiro atoms. The topological polar surface area (TPSA) is 155 Å². The lowest BCUT2D eigenvalue weighted by Crippen LogP contribution is -2.46. The normalized spacial score (nSPS) is 14.4. The zero-order valence-corrected chi connectivity index (χ0v) is 24.3. The molecule has 0 saturated carbocycles. The number of likely N-dealkylation sites (tertiary alicyclic amines) is 1. The van der Waals surface area contributed by atoms with Crippen LogP contribution < -0.4 is 26.8 Å². The third-order valence-electron chi connectivity index (χ3n) is 8.09. The first-order chi connectivity index (χ1) is 20.6. The Bertz CT molecular complexity index is 1710. The van der Waals surface area contributed by atoms with E-state index in [0.29, 0.717) is 43.0 Å². The Morgan fingerprint density at radius 3 is 2.37 bits per heavy atom. The molecular weight excluding hydrogens is 552 g/mol. The van der Waals surface area contributed by atoms with E-state index in [4.69, 9.17) is 14.9 Å². The van der Waals surface area contributed by atoms with Gasteiger partial charge in [-0.15, -0.1) is 0 Å². The number of aromatic hydroxyl groups is 1. The SMILES string of the molecule is Cc1ccc(C(Nc2c(N(C(N)=O)c3ccc(C)c(C)c3O)c(=O)c2=O)C2CCN(C(=O)OCc3ccccc3)CC2)o1. The van der Waals surface area contributed by atoms with Gasteiger partial charge in [0.2, 0.25) is 0 Å². The van der Waals surface area contributed by atoms with Crippen molar-refractivity contribution in [2.24, 2.45) is 11.7 Å². The maximum atomic E-state index is 12.9. The summed E-state index contributed by atoms with van der Waals surface area (Å²) in [4.78, 5) is 53.7. The molecule has 11 heteroatoms. The molecule has 224 valence electrons. The summed E-state index contributed by atoms with van der Waals surface area (Å²) < 4.78 is 11.4. The maximum Gasteiger partial charge on any atom is 0.410 e. The number of furan rings is 1. The van der Waals surface area contributed by atoms with E-state index in [1.54, 1.807) is 43.9 Å². The molecule has 3 amide bonds. The minimum Gasteiger partial charge on any atom is -0.505 e. The fourth-order valence-corrected chi connectivity index (χ4v) is 5.47. The Morgan fingerprint density at radius 1 is 1.05 bits per heavy atom. The highest BCUT2D eigenvalue weighted by Crippen LogP contribution is 2.40. The Morgan fingerprint density at radius 2 is 1.74 bits per heavy atom. The van der Waals surface area contributed by atoms with E-state index in [2.05, 4.69) is 5.32 Å². The number of phenolic OH excluding ortho intramolecular Hbond substituents is 1. The van der Waals surface area contributed by atoms with E-state index >= 15 is 0 Å². The largest absolute Gasteiger partial charge is 0.505 e. The third-order valence-corrected chi connectivity index (χ3v) is 8.09. The minimum absolute atomic E-state index is 0.00142. The van der Waals surface area contributed by atoms with Gasteiger partial charge in [0.1, 0.15) is 35.3 Å². The average molecular weight is 587 g/mol. The highest BCUT2D eigenvalue weighted by Gasteiger charge is 2.37. The Balaban J connectivity index is 1.38. The van der Waals surface area contributed by atoms with E-state index in [1.807, 2.05) is 30.3 Å². The zero-order valence-electron chi connectivity index (χ0n) is 24.3. The third kappa shape index (κ3) is 5.83. The number of aryl methyl sites for hydroxylation is 2. The van der Waals surface area contributed by atoms with Crippen LogP contribution in [0.5, 0.6) is 5.75 Å². The number of benzene rings is 2. The molecular formula is C32H34N4O7. The van der Waals surface area contributed by atoms with Crippen LogP contribution in [0.4, 0.5) is 26.7 Å². The molecule has 1 atom stereocenters. The van der Waals surface area contributed by atoms with E-state index in [1.165, 1.54) is 6.07 Å². The van der Waals surface area contributed by atoms with Crippen LogP contribution in [-0.2, 0) is 11.3 Å². The van der Waals surface area contributed by atoms with Gasteiger partial charge in [0.25, 0.3) is 10.9 Å². The number of urea groups is 1. The van der Waals surface area contributed by atoms with Crippen molar-refractivity contribution in [3.05, 3.63) is 103 Å². The van der Waals surface area contributed by atoms with E-state index in [-0.39, 0.29) is 35.3 Å². The molecule has 1 aliphatic rings. The molecule has 43 heavy (non-hydrogen) atoms. The summed E-state index contributed by atoms with van der Waals surface area (Å²) in [6, 6.07) is 14.6. The quantitative estimate of drug-likeness (QED) is 0.246. The fourth-order valence-electron chi connectivity index (χ4n) is 5.47. The van der Waals surface area contributed by atoms with Gasteiger partial charge in [-0.05, 0) is 74.4 Å². The van der Waals surface area contributed by atoms with Crippen LogP contribution in [-0.4, -0.2) is 35.2 Å². The zero-order chi connectivity index (χ0) is 30.8. The van der Waals surface area contributed by atoms with Crippen molar-refractivity contribution in [3.63, 3.8) is 0 Å². The smallest absolute Gasteiger partial charge is 0.410 e. The van der Waals surface area contributed by atoms with Crippen molar-refractivity contribution >= 4 is 29.2 Å². The van der Waals surface area contributed by atoms with Crippen molar-refractivity contribution < 1.29 is 23.8 Å². The molecule has 0 bridgehead atoms. The first-order valence-electron chi connectivity index (χ1n) is 14.1. The number of amides is 3. The summed E-state index contributed by atoms with van der Waals surface area (Å²) in [7, 11) is 0. The molecule has 5 rings (SSSR count). The van der Waals surface area contributed by atoms with Gasteiger partial charge in [0.05, 0.1) is 11.7 Å². The Hall–Kier alpha value is -5.06. The Kier molecular flexibility index (Phi) is 8.24. The van der Waals surface area contributed by atoms with Crippen LogP contribution in [0.15, 0.2) is 68.6 Å². The van der Waals surface area contributed by atoms with Gasteiger partial charge in [0, 0.05) is 13.1 Å². The lowest BCUT2D eigenvalue weighted by Gasteiger charge is -2.36. The van der Waals surface area contributed by atoms with Gasteiger partial charge >= 0.3 is 12.1 Å². The van der Waals surface area contributed by atoms with Crippen LogP contribution in [0.3, 0.4) is 0 Å². The molecule has 1 fully saturated rings. The summed E-state index contributed by atoms with van der Waals surface area (Å²) in [6.45, 7) is 6.27. The molecule has 1 aromatic heterocycles. The molecule has 0 aliphatic carbocycles. The lowest BCUT2D eigenvalue weighted by molar-refractivity contribution is 0.0797. The number of carbonyl (C=O) groups is 2. The van der Waals surface area contributed by atoms with Crippen LogP contribution in [0.25, 0.3) is 0 Å². The summed E-state index contributed by atoms with van der Waals surface area (Å²) in [5.41, 5.74) is 5.82. The van der Waals surface area contributed by atoms with Gasteiger partial charge in [-0.3, -0.25) is 14.5 Å². The number of hydrogen-bond acceptors (Lipinski definition) is 8. The predicted octanol–water partition coefficient (Wildman–Crippen LogP) is 4.93. The average Bonchev–Trinajstić information content (AvgIpc) is 3.44.